The normalized spacial score (nSPS) is 14.9. The number of benzene rings is 1. The van der Waals surface area contributed by atoms with E-state index >= 15 is 0 Å². The Morgan fingerprint density at radius 1 is 1.17 bits per heavy atom. The molecule has 148 valence electrons. The Morgan fingerprint density at radius 2 is 2.03 bits per heavy atom. The largest absolute Gasteiger partial charge is 0.357 e. The first-order chi connectivity index (χ1) is 14.0. The van der Waals surface area contributed by atoms with Crippen LogP contribution < -0.4 is 0 Å². The third-order valence-corrected chi connectivity index (χ3v) is 5.57. The number of pyridine rings is 1. The second kappa shape index (κ2) is 8.27. The quantitative estimate of drug-likeness (QED) is 0.643. The number of halogens is 2. The summed E-state index contributed by atoms with van der Waals surface area (Å²) in [5, 5.41) is 1.90. The molecule has 4 rings (SSSR count). The van der Waals surface area contributed by atoms with Crippen LogP contribution in [0.1, 0.15) is 11.3 Å². The fourth-order valence-corrected chi connectivity index (χ4v) is 3.58. The highest BCUT2D eigenvalue weighted by Crippen LogP contribution is 2.23. The van der Waals surface area contributed by atoms with E-state index in [1.165, 1.54) is 6.08 Å². The zero-order chi connectivity index (χ0) is 20.4. The van der Waals surface area contributed by atoms with Crippen molar-refractivity contribution in [2.45, 2.75) is 6.54 Å². The monoisotopic (exact) mass is 428 g/mol. The lowest BCUT2D eigenvalue weighted by Crippen LogP contribution is -2.51. The third kappa shape index (κ3) is 4.44. The molecule has 0 aliphatic carbocycles. The number of piperazine rings is 1. The minimum absolute atomic E-state index is 0.0618. The fourth-order valence-electron chi connectivity index (χ4n) is 3.28. The minimum atomic E-state index is -0.208. The predicted molar refractivity (Wildman–Crippen MR) is 114 cm³/mol. The number of hydrogen-bond donors (Lipinski definition) is 1. The zero-order valence-electron chi connectivity index (χ0n) is 15.4. The van der Waals surface area contributed by atoms with E-state index in [1.54, 1.807) is 46.5 Å². The summed E-state index contributed by atoms with van der Waals surface area (Å²) >= 11 is 11.9. The topological polar surface area (TPSA) is 69.3 Å². The molecule has 8 heteroatoms. The highest BCUT2D eigenvalue weighted by Gasteiger charge is 2.26. The summed E-state index contributed by atoms with van der Waals surface area (Å²) in [4.78, 5) is 35.7. The Hall–Kier alpha value is -2.83. The van der Waals surface area contributed by atoms with Crippen LogP contribution in [0.2, 0.25) is 10.0 Å². The van der Waals surface area contributed by atoms with Crippen LogP contribution in [0.5, 0.6) is 0 Å². The van der Waals surface area contributed by atoms with Crippen molar-refractivity contribution in [1.82, 2.24) is 19.8 Å². The zero-order valence-corrected chi connectivity index (χ0v) is 17.0. The van der Waals surface area contributed by atoms with E-state index in [0.29, 0.717) is 29.7 Å². The minimum Gasteiger partial charge on any atom is -0.357 e. The molecule has 2 aromatic heterocycles. The molecule has 0 radical (unpaired) electrons. The van der Waals surface area contributed by atoms with E-state index in [2.05, 4.69) is 9.97 Å². The fraction of sp³-hybridized carbons (Fsp3) is 0.190. The van der Waals surface area contributed by atoms with Crippen LogP contribution in [-0.2, 0) is 16.1 Å². The highest BCUT2D eigenvalue weighted by atomic mass is 35.5. The van der Waals surface area contributed by atoms with E-state index < -0.39 is 0 Å². The van der Waals surface area contributed by atoms with Crippen LogP contribution in [-0.4, -0.2) is 51.2 Å². The molecule has 0 bridgehead atoms. The van der Waals surface area contributed by atoms with E-state index in [9.17, 15) is 9.59 Å². The van der Waals surface area contributed by atoms with Crippen molar-refractivity contribution < 1.29 is 9.59 Å². The molecular weight excluding hydrogens is 411 g/mol. The molecule has 2 amide bonds. The molecule has 0 spiro atoms. The van der Waals surface area contributed by atoms with Gasteiger partial charge in [0.05, 0.1) is 16.6 Å². The lowest BCUT2D eigenvalue weighted by molar-refractivity contribution is -0.143. The number of rotatable bonds is 4. The number of carbonyl (C=O) groups is 2. The molecule has 29 heavy (non-hydrogen) atoms. The summed E-state index contributed by atoms with van der Waals surface area (Å²) in [6.45, 7) is 1.51. The number of fused-ring (bicyclic) bond motifs is 1. The van der Waals surface area contributed by atoms with Crippen molar-refractivity contribution in [2.24, 2.45) is 0 Å². The molecule has 3 aromatic rings. The Kier molecular flexibility index (Phi) is 5.56. The number of hydrogen-bond acceptors (Lipinski definition) is 3. The smallest absolute Gasteiger partial charge is 0.247 e. The van der Waals surface area contributed by atoms with Gasteiger partial charge in [0.1, 0.15) is 6.54 Å². The van der Waals surface area contributed by atoms with Gasteiger partial charge in [0, 0.05) is 48.2 Å². The lowest BCUT2D eigenvalue weighted by Gasteiger charge is -2.33. The number of carbonyl (C=O) groups excluding carboxylic acids is 2. The number of aromatic nitrogens is 2. The number of nitrogens with one attached hydrogen (secondary N) is 1. The first-order valence-corrected chi connectivity index (χ1v) is 9.86. The first-order valence-electron chi connectivity index (χ1n) is 9.11. The standard InChI is InChI=1S/C21H18Cl2N4O2/c22-17-3-1-14(9-18(17)23)2-4-20(28)27-8-7-26(21(29)13-27)12-16-10-15-11-24-6-5-19(15)25-16/h1-6,9-11,25H,7-8,12-13H2/b4-2+. The van der Waals surface area contributed by atoms with E-state index in [1.807, 2.05) is 12.1 Å². The van der Waals surface area contributed by atoms with Crippen molar-refractivity contribution in [3.63, 3.8) is 0 Å². The van der Waals surface area contributed by atoms with Gasteiger partial charge >= 0.3 is 0 Å². The van der Waals surface area contributed by atoms with Crippen molar-refractivity contribution in [2.75, 3.05) is 19.6 Å². The van der Waals surface area contributed by atoms with Gasteiger partial charge in [-0.3, -0.25) is 14.6 Å². The van der Waals surface area contributed by atoms with Crippen molar-refractivity contribution >= 4 is 52.0 Å². The van der Waals surface area contributed by atoms with Crippen LogP contribution in [0.4, 0.5) is 0 Å². The van der Waals surface area contributed by atoms with Crippen LogP contribution >= 0.6 is 23.2 Å². The Labute approximate surface area is 177 Å². The summed E-state index contributed by atoms with van der Waals surface area (Å²) < 4.78 is 0. The molecule has 0 unspecified atom stereocenters. The molecule has 3 heterocycles. The van der Waals surface area contributed by atoms with Gasteiger partial charge in [0.15, 0.2) is 0 Å². The maximum Gasteiger partial charge on any atom is 0.247 e. The summed E-state index contributed by atoms with van der Waals surface area (Å²) in [6, 6.07) is 9.03. The average Bonchev–Trinajstić information content (AvgIpc) is 3.12. The van der Waals surface area contributed by atoms with Crippen molar-refractivity contribution in [3.8, 4) is 0 Å². The van der Waals surface area contributed by atoms with Crippen LogP contribution in [0.3, 0.4) is 0 Å². The van der Waals surface area contributed by atoms with Gasteiger partial charge < -0.3 is 14.8 Å². The SMILES string of the molecule is O=C(/C=C/c1ccc(Cl)c(Cl)c1)N1CCN(Cc2cc3cnccc3[nH]2)C(=O)C1. The molecule has 1 aromatic carbocycles. The van der Waals surface area contributed by atoms with Gasteiger partial charge in [0.2, 0.25) is 11.8 Å². The molecule has 1 saturated heterocycles. The van der Waals surface area contributed by atoms with Crippen LogP contribution in [0, 0.1) is 0 Å². The molecule has 1 aliphatic rings. The van der Waals surface area contributed by atoms with Gasteiger partial charge in [-0.2, -0.15) is 0 Å². The van der Waals surface area contributed by atoms with Gasteiger partial charge in [-0.15, -0.1) is 0 Å². The second-order valence-corrected chi connectivity index (χ2v) is 7.65. The van der Waals surface area contributed by atoms with Crippen LogP contribution in [0.25, 0.3) is 17.0 Å². The molecule has 6 nitrogen and oxygen atoms in total. The predicted octanol–water partition coefficient (Wildman–Crippen LogP) is 3.75. The molecule has 0 saturated carbocycles. The van der Waals surface area contributed by atoms with Gasteiger partial charge in [0.25, 0.3) is 0 Å². The average molecular weight is 429 g/mol. The summed E-state index contributed by atoms with van der Waals surface area (Å²) in [5.41, 5.74) is 2.70. The van der Waals surface area contributed by atoms with Crippen LogP contribution in [0.15, 0.2) is 48.8 Å². The second-order valence-electron chi connectivity index (χ2n) is 6.84. The van der Waals surface area contributed by atoms with Gasteiger partial charge in [-0.1, -0.05) is 29.3 Å². The maximum atomic E-state index is 12.5. The molecule has 1 fully saturated rings. The van der Waals surface area contributed by atoms with E-state index in [-0.39, 0.29) is 18.4 Å². The lowest BCUT2D eigenvalue weighted by atomic mass is 10.2. The summed E-state index contributed by atoms with van der Waals surface area (Å²) in [5.74, 6) is -0.287. The van der Waals surface area contributed by atoms with Gasteiger partial charge in [-0.25, -0.2) is 0 Å². The summed E-state index contributed by atoms with van der Waals surface area (Å²) in [7, 11) is 0. The van der Waals surface area contributed by atoms with Gasteiger partial charge in [-0.05, 0) is 35.9 Å². The number of amides is 2. The van der Waals surface area contributed by atoms with E-state index in [4.69, 9.17) is 23.2 Å². The van der Waals surface area contributed by atoms with E-state index in [0.717, 1.165) is 22.2 Å². The summed E-state index contributed by atoms with van der Waals surface area (Å²) in [6.07, 6.45) is 6.63. The number of nitrogens with zero attached hydrogens (tertiary/aromatic N) is 3. The third-order valence-electron chi connectivity index (χ3n) is 4.83. The number of H-pyrrole nitrogens is 1. The Bertz CT molecular complexity index is 1080. The molecule has 0 atom stereocenters. The Morgan fingerprint density at radius 3 is 2.79 bits per heavy atom. The molecule has 1 aliphatic heterocycles. The number of aromatic amines is 1. The molecular formula is C21H18Cl2N4O2. The molecule has 1 N–H and O–H groups in total. The van der Waals surface area contributed by atoms with Crippen molar-refractivity contribution in [1.29, 1.82) is 0 Å². The Balaban J connectivity index is 1.36. The maximum absolute atomic E-state index is 12.5. The first kappa shape index (κ1) is 19.5. The highest BCUT2D eigenvalue weighted by molar-refractivity contribution is 6.42. The van der Waals surface area contributed by atoms with Crippen molar-refractivity contribution in [3.05, 3.63) is 70.1 Å².